The molecule has 0 aromatic carbocycles. The van der Waals surface area contributed by atoms with E-state index in [0.29, 0.717) is 0 Å². The number of hydrogen-bond donors (Lipinski definition) is 1. The van der Waals surface area contributed by atoms with Crippen molar-refractivity contribution >= 4 is 5.69 Å². The number of aromatic nitrogens is 1. The van der Waals surface area contributed by atoms with Crippen LogP contribution in [-0.4, -0.2) is 49.2 Å². The number of pyridine rings is 1. The van der Waals surface area contributed by atoms with E-state index < -0.39 is 0 Å². The Morgan fingerprint density at radius 1 is 1.43 bits per heavy atom. The van der Waals surface area contributed by atoms with E-state index in [1.165, 1.54) is 30.8 Å². The van der Waals surface area contributed by atoms with Crippen LogP contribution in [0.4, 0.5) is 5.69 Å². The molecule has 1 aliphatic heterocycles. The molecule has 0 saturated carbocycles. The van der Waals surface area contributed by atoms with Crippen LogP contribution in [-0.2, 0) is 6.54 Å². The zero-order chi connectivity index (χ0) is 15.5. The van der Waals surface area contributed by atoms with E-state index >= 15 is 0 Å². The van der Waals surface area contributed by atoms with E-state index in [9.17, 15) is 0 Å². The molecule has 0 amide bonds. The van der Waals surface area contributed by atoms with Crippen molar-refractivity contribution < 1.29 is 0 Å². The Hall–Kier alpha value is -1.13. The molecule has 1 aromatic heterocycles. The number of nitrogens with zero attached hydrogens (tertiary/aromatic N) is 3. The van der Waals surface area contributed by atoms with Gasteiger partial charge in [-0.15, -0.1) is 0 Å². The lowest BCUT2D eigenvalue weighted by Gasteiger charge is -2.27. The van der Waals surface area contributed by atoms with Crippen LogP contribution in [0, 0.1) is 5.92 Å². The summed E-state index contributed by atoms with van der Waals surface area (Å²) in [6.45, 7) is 11.0. The molecule has 4 nitrogen and oxygen atoms in total. The van der Waals surface area contributed by atoms with Gasteiger partial charge in [-0.05, 0) is 58.3 Å². The van der Waals surface area contributed by atoms with Gasteiger partial charge in [0, 0.05) is 38.4 Å². The molecule has 0 spiro atoms. The van der Waals surface area contributed by atoms with Crippen molar-refractivity contribution in [3.63, 3.8) is 0 Å². The molecular formula is C17H30N4. The standard InChI is InChI=1S/C17H30N4/c1-17(2,3)19-10-15-6-8-18-11-16(15)21(5)13-14-7-9-20(4)12-14/h6,8,11,14,19H,7,9-10,12-13H2,1-5H3. The number of rotatable bonds is 5. The number of likely N-dealkylation sites (tertiary alicyclic amines) is 1. The summed E-state index contributed by atoms with van der Waals surface area (Å²) in [5, 5.41) is 3.57. The predicted molar refractivity (Wildman–Crippen MR) is 89.7 cm³/mol. The van der Waals surface area contributed by atoms with Gasteiger partial charge in [0.05, 0.1) is 11.9 Å². The van der Waals surface area contributed by atoms with Crippen LogP contribution >= 0.6 is 0 Å². The quantitative estimate of drug-likeness (QED) is 0.902. The van der Waals surface area contributed by atoms with Crippen molar-refractivity contribution in [2.45, 2.75) is 39.3 Å². The first kappa shape index (κ1) is 16.2. The molecular weight excluding hydrogens is 260 g/mol. The summed E-state index contributed by atoms with van der Waals surface area (Å²) < 4.78 is 0. The molecule has 1 aliphatic rings. The van der Waals surface area contributed by atoms with Crippen LogP contribution in [0.1, 0.15) is 32.8 Å². The Morgan fingerprint density at radius 2 is 2.19 bits per heavy atom. The van der Waals surface area contributed by atoms with Crippen LogP contribution in [0.2, 0.25) is 0 Å². The molecule has 1 fully saturated rings. The van der Waals surface area contributed by atoms with E-state index in [4.69, 9.17) is 0 Å². The molecule has 2 rings (SSSR count). The van der Waals surface area contributed by atoms with Crippen LogP contribution in [0.15, 0.2) is 18.5 Å². The summed E-state index contributed by atoms with van der Waals surface area (Å²) in [5.74, 6) is 0.767. The Bertz CT molecular complexity index is 452. The highest BCUT2D eigenvalue weighted by Crippen LogP contribution is 2.22. The first-order chi connectivity index (χ1) is 9.85. The largest absolute Gasteiger partial charge is 0.373 e. The van der Waals surface area contributed by atoms with Crippen molar-refractivity contribution in [2.75, 3.05) is 38.6 Å². The van der Waals surface area contributed by atoms with Crippen LogP contribution < -0.4 is 10.2 Å². The summed E-state index contributed by atoms with van der Waals surface area (Å²) in [6.07, 6.45) is 5.19. The number of hydrogen-bond acceptors (Lipinski definition) is 4. The molecule has 21 heavy (non-hydrogen) atoms. The van der Waals surface area contributed by atoms with E-state index in [0.717, 1.165) is 19.0 Å². The fraction of sp³-hybridized carbons (Fsp3) is 0.706. The summed E-state index contributed by atoms with van der Waals surface area (Å²) in [5.41, 5.74) is 2.71. The van der Waals surface area contributed by atoms with Gasteiger partial charge in [-0.1, -0.05) is 0 Å². The Kier molecular flexibility index (Phi) is 5.22. The third-order valence-corrected chi connectivity index (χ3v) is 4.13. The average molecular weight is 290 g/mol. The minimum atomic E-state index is 0.132. The van der Waals surface area contributed by atoms with Gasteiger partial charge in [-0.2, -0.15) is 0 Å². The van der Waals surface area contributed by atoms with Crippen LogP contribution in [0.25, 0.3) is 0 Å². The second-order valence-corrected chi connectivity index (χ2v) is 7.41. The van der Waals surface area contributed by atoms with E-state index in [1.807, 2.05) is 12.4 Å². The summed E-state index contributed by atoms with van der Waals surface area (Å²) in [6, 6.07) is 2.13. The van der Waals surface area contributed by atoms with E-state index in [-0.39, 0.29) is 5.54 Å². The van der Waals surface area contributed by atoms with Gasteiger partial charge in [-0.25, -0.2) is 0 Å². The first-order valence-corrected chi connectivity index (χ1v) is 7.93. The molecule has 0 radical (unpaired) electrons. The van der Waals surface area contributed by atoms with Gasteiger partial charge in [0.2, 0.25) is 0 Å². The normalized spacial score (nSPS) is 20.0. The molecule has 118 valence electrons. The predicted octanol–water partition coefficient (Wildman–Crippen LogP) is 2.36. The van der Waals surface area contributed by atoms with Crippen molar-refractivity contribution in [3.05, 3.63) is 24.0 Å². The maximum Gasteiger partial charge on any atom is 0.0595 e. The first-order valence-electron chi connectivity index (χ1n) is 7.93. The van der Waals surface area contributed by atoms with Gasteiger partial charge in [0.15, 0.2) is 0 Å². The molecule has 1 N–H and O–H groups in total. The molecule has 2 heterocycles. The van der Waals surface area contributed by atoms with Crippen molar-refractivity contribution in [1.82, 2.24) is 15.2 Å². The lowest BCUT2D eigenvalue weighted by Crippen LogP contribution is -2.36. The lowest BCUT2D eigenvalue weighted by molar-refractivity contribution is 0.395. The maximum absolute atomic E-state index is 4.32. The Balaban J connectivity index is 2.01. The zero-order valence-corrected chi connectivity index (χ0v) is 14.2. The maximum atomic E-state index is 4.32. The van der Waals surface area contributed by atoms with Gasteiger partial charge in [0.25, 0.3) is 0 Å². The van der Waals surface area contributed by atoms with Gasteiger partial charge in [-0.3, -0.25) is 4.98 Å². The molecule has 1 atom stereocenters. The molecule has 4 heteroatoms. The highest BCUT2D eigenvalue weighted by Gasteiger charge is 2.22. The third kappa shape index (κ3) is 4.97. The summed E-state index contributed by atoms with van der Waals surface area (Å²) in [4.78, 5) is 9.11. The fourth-order valence-corrected chi connectivity index (χ4v) is 2.93. The molecule has 1 aromatic rings. The fourth-order valence-electron chi connectivity index (χ4n) is 2.93. The third-order valence-electron chi connectivity index (χ3n) is 4.13. The molecule has 1 unspecified atom stereocenters. The highest BCUT2D eigenvalue weighted by molar-refractivity contribution is 5.51. The Morgan fingerprint density at radius 3 is 2.81 bits per heavy atom. The summed E-state index contributed by atoms with van der Waals surface area (Å²) in [7, 11) is 4.40. The molecule has 0 aliphatic carbocycles. The zero-order valence-electron chi connectivity index (χ0n) is 14.2. The second kappa shape index (κ2) is 6.75. The smallest absolute Gasteiger partial charge is 0.0595 e. The van der Waals surface area contributed by atoms with Crippen LogP contribution in [0.3, 0.4) is 0 Å². The minimum Gasteiger partial charge on any atom is -0.373 e. The van der Waals surface area contributed by atoms with Gasteiger partial charge >= 0.3 is 0 Å². The SMILES string of the molecule is CN1CCC(CN(C)c2cnccc2CNC(C)(C)C)C1. The molecule has 0 bridgehead atoms. The highest BCUT2D eigenvalue weighted by atomic mass is 15.2. The topological polar surface area (TPSA) is 31.4 Å². The van der Waals surface area contributed by atoms with E-state index in [1.54, 1.807) is 0 Å². The number of nitrogens with one attached hydrogen (secondary N) is 1. The minimum absolute atomic E-state index is 0.132. The second-order valence-electron chi connectivity index (χ2n) is 7.41. The van der Waals surface area contributed by atoms with E-state index in [2.05, 4.69) is 61.0 Å². The van der Waals surface area contributed by atoms with Crippen molar-refractivity contribution in [2.24, 2.45) is 5.92 Å². The summed E-state index contributed by atoms with van der Waals surface area (Å²) >= 11 is 0. The molecule has 1 saturated heterocycles. The van der Waals surface area contributed by atoms with Crippen molar-refractivity contribution in [3.8, 4) is 0 Å². The number of anilines is 1. The van der Waals surface area contributed by atoms with Gasteiger partial charge in [0.1, 0.15) is 0 Å². The van der Waals surface area contributed by atoms with Crippen LogP contribution in [0.5, 0.6) is 0 Å². The van der Waals surface area contributed by atoms with Gasteiger partial charge < -0.3 is 15.1 Å². The lowest BCUT2D eigenvalue weighted by atomic mass is 10.1. The van der Waals surface area contributed by atoms with Crippen molar-refractivity contribution in [1.29, 1.82) is 0 Å². The monoisotopic (exact) mass is 290 g/mol. The Labute approximate surface area is 129 Å². The average Bonchev–Trinajstić information content (AvgIpc) is 2.81.